The zero-order valence-corrected chi connectivity index (χ0v) is 17.8. The molecule has 7 nitrogen and oxygen atoms in total. The standard InChI is InChI=1S/C23H34N4O3/c1-25-13-18(16-6-3-2-4-7-16)22-19(25)14-27(11-9-20(22)28)23(30)17-8-5-10-26(12-17)15-21(24)29/h2-4,6-7,17-20,22,28H,5,8-15H2,1H3,(H2,24,29)/t17-,18+,19-,20-,22+/m1/s1. The highest BCUT2D eigenvalue weighted by molar-refractivity contribution is 5.80. The number of carbonyl (C=O) groups is 2. The van der Waals surface area contributed by atoms with Gasteiger partial charge < -0.3 is 20.6 Å². The van der Waals surface area contributed by atoms with Gasteiger partial charge >= 0.3 is 0 Å². The second kappa shape index (κ2) is 9.04. The van der Waals surface area contributed by atoms with E-state index in [0.717, 1.165) is 25.9 Å². The average Bonchev–Trinajstić information content (AvgIpc) is 2.96. The van der Waals surface area contributed by atoms with Crippen LogP contribution in [0.15, 0.2) is 30.3 Å². The summed E-state index contributed by atoms with van der Waals surface area (Å²) >= 11 is 0. The minimum Gasteiger partial charge on any atom is -0.393 e. The molecule has 0 aromatic heterocycles. The van der Waals surface area contributed by atoms with E-state index in [-0.39, 0.29) is 42.2 Å². The van der Waals surface area contributed by atoms with Crippen molar-refractivity contribution in [2.75, 3.05) is 46.3 Å². The van der Waals surface area contributed by atoms with E-state index in [1.165, 1.54) is 5.56 Å². The molecule has 0 aliphatic carbocycles. The van der Waals surface area contributed by atoms with Crippen molar-refractivity contribution in [3.05, 3.63) is 35.9 Å². The molecule has 2 amide bonds. The van der Waals surface area contributed by atoms with E-state index >= 15 is 0 Å². The fraction of sp³-hybridized carbons (Fsp3) is 0.652. The van der Waals surface area contributed by atoms with Crippen LogP contribution < -0.4 is 5.73 Å². The fourth-order valence-corrected chi connectivity index (χ4v) is 5.82. The first-order valence-corrected chi connectivity index (χ1v) is 11.2. The topological polar surface area (TPSA) is 90.1 Å². The van der Waals surface area contributed by atoms with Gasteiger partial charge in [0.2, 0.25) is 11.8 Å². The molecule has 0 bridgehead atoms. The molecular formula is C23H34N4O3. The second-order valence-corrected chi connectivity index (χ2v) is 9.28. The highest BCUT2D eigenvalue weighted by Crippen LogP contribution is 2.41. The van der Waals surface area contributed by atoms with E-state index in [1.54, 1.807) is 0 Å². The van der Waals surface area contributed by atoms with Crippen LogP contribution in [0.25, 0.3) is 0 Å². The molecular weight excluding hydrogens is 380 g/mol. The summed E-state index contributed by atoms with van der Waals surface area (Å²) in [5.41, 5.74) is 6.62. The van der Waals surface area contributed by atoms with Crippen molar-refractivity contribution in [1.82, 2.24) is 14.7 Å². The van der Waals surface area contributed by atoms with Gasteiger partial charge in [-0.25, -0.2) is 0 Å². The Morgan fingerprint density at radius 1 is 1.10 bits per heavy atom. The zero-order chi connectivity index (χ0) is 21.3. The third kappa shape index (κ3) is 4.38. The monoisotopic (exact) mass is 414 g/mol. The van der Waals surface area contributed by atoms with Gasteiger partial charge in [0.25, 0.3) is 0 Å². The van der Waals surface area contributed by atoms with Gasteiger partial charge in [0.05, 0.1) is 18.6 Å². The maximum atomic E-state index is 13.4. The number of likely N-dealkylation sites (tertiary alicyclic amines) is 3. The lowest BCUT2D eigenvalue weighted by Gasteiger charge is -2.35. The summed E-state index contributed by atoms with van der Waals surface area (Å²) in [7, 11) is 2.11. The Bertz CT molecular complexity index is 758. The van der Waals surface area contributed by atoms with E-state index in [0.29, 0.717) is 26.1 Å². The molecule has 0 radical (unpaired) electrons. The number of piperidine rings is 1. The van der Waals surface area contributed by atoms with Crippen molar-refractivity contribution < 1.29 is 14.7 Å². The SMILES string of the molecule is CN1C[C@@H](c2ccccc2)[C@@H]2[C@H](O)CCN(C(=O)[C@@H]3CCCN(CC(N)=O)C3)C[C@H]21. The number of nitrogens with zero attached hydrogens (tertiary/aromatic N) is 3. The number of nitrogens with two attached hydrogens (primary N) is 1. The van der Waals surface area contributed by atoms with Crippen LogP contribution in [0, 0.1) is 11.8 Å². The number of aliphatic hydroxyl groups is 1. The van der Waals surface area contributed by atoms with E-state index < -0.39 is 6.10 Å². The second-order valence-electron chi connectivity index (χ2n) is 9.28. The van der Waals surface area contributed by atoms with Crippen LogP contribution in [-0.2, 0) is 9.59 Å². The first-order chi connectivity index (χ1) is 14.4. The molecule has 3 aliphatic rings. The highest BCUT2D eigenvalue weighted by atomic mass is 16.3. The molecule has 3 aliphatic heterocycles. The number of hydrogen-bond acceptors (Lipinski definition) is 5. The minimum atomic E-state index is -0.416. The van der Waals surface area contributed by atoms with Crippen molar-refractivity contribution >= 4 is 11.8 Å². The Morgan fingerprint density at radius 3 is 2.60 bits per heavy atom. The van der Waals surface area contributed by atoms with Gasteiger partial charge in [-0.1, -0.05) is 30.3 Å². The van der Waals surface area contributed by atoms with Crippen molar-refractivity contribution in [3.8, 4) is 0 Å². The molecule has 30 heavy (non-hydrogen) atoms. The Kier molecular flexibility index (Phi) is 6.41. The number of benzene rings is 1. The number of aliphatic hydroxyl groups excluding tert-OH is 1. The first-order valence-electron chi connectivity index (χ1n) is 11.2. The molecule has 3 N–H and O–H groups in total. The molecule has 164 valence electrons. The summed E-state index contributed by atoms with van der Waals surface area (Å²) in [6, 6.07) is 10.6. The first kappa shape index (κ1) is 21.3. The molecule has 0 saturated carbocycles. The Hall–Kier alpha value is -1.96. The molecule has 3 fully saturated rings. The summed E-state index contributed by atoms with van der Waals surface area (Å²) in [5, 5.41) is 11.0. The van der Waals surface area contributed by atoms with Gasteiger partial charge in [0.1, 0.15) is 0 Å². The normalized spacial score (nSPS) is 33.1. The minimum absolute atomic E-state index is 0.0941. The number of primary amides is 1. The van der Waals surface area contributed by atoms with Gasteiger partial charge in [-0.05, 0) is 38.4 Å². The van der Waals surface area contributed by atoms with Crippen molar-refractivity contribution in [2.24, 2.45) is 17.6 Å². The summed E-state index contributed by atoms with van der Waals surface area (Å²) in [5.74, 6) is 0.139. The summed E-state index contributed by atoms with van der Waals surface area (Å²) < 4.78 is 0. The number of rotatable bonds is 4. The van der Waals surface area contributed by atoms with Crippen LogP contribution in [0.4, 0.5) is 0 Å². The van der Waals surface area contributed by atoms with Crippen LogP contribution in [0.1, 0.15) is 30.7 Å². The van der Waals surface area contributed by atoms with Crippen LogP contribution in [-0.4, -0.2) is 90.1 Å². The molecule has 3 saturated heterocycles. The van der Waals surface area contributed by atoms with E-state index in [4.69, 9.17) is 5.73 Å². The lowest BCUT2D eigenvalue weighted by atomic mass is 9.81. The van der Waals surface area contributed by atoms with Crippen LogP contribution in [0.2, 0.25) is 0 Å². The quantitative estimate of drug-likeness (QED) is 0.749. The van der Waals surface area contributed by atoms with Gasteiger partial charge in [0, 0.05) is 44.1 Å². The molecule has 0 spiro atoms. The molecule has 1 aromatic rings. The van der Waals surface area contributed by atoms with Crippen LogP contribution >= 0.6 is 0 Å². The molecule has 4 rings (SSSR count). The van der Waals surface area contributed by atoms with Crippen molar-refractivity contribution in [2.45, 2.75) is 37.3 Å². The smallest absolute Gasteiger partial charge is 0.231 e. The number of carbonyl (C=O) groups excluding carboxylic acids is 2. The Balaban J connectivity index is 1.47. The van der Waals surface area contributed by atoms with Gasteiger partial charge in [-0.2, -0.15) is 0 Å². The Morgan fingerprint density at radius 2 is 1.87 bits per heavy atom. The average molecular weight is 415 g/mol. The van der Waals surface area contributed by atoms with Crippen molar-refractivity contribution in [1.29, 1.82) is 0 Å². The number of hydrogen-bond donors (Lipinski definition) is 2. The van der Waals surface area contributed by atoms with Crippen LogP contribution in [0.5, 0.6) is 0 Å². The Labute approximate surface area is 178 Å². The van der Waals surface area contributed by atoms with Gasteiger partial charge in [-0.3, -0.25) is 14.5 Å². The van der Waals surface area contributed by atoms with Gasteiger partial charge in [0.15, 0.2) is 0 Å². The summed E-state index contributed by atoms with van der Waals surface area (Å²) in [4.78, 5) is 30.9. The predicted molar refractivity (Wildman–Crippen MR) is 115 cm³/mol. The zero-order valence-electron chi connectivity index (χ0n) is 17.8. The van der Waals surface area contributed by atoms with E-state index in [1.807, 2.05) is 15.9 Å². The van der Waals surface area contributed by atoms with Gasteiger partial charge in [-0.15, -0.1) is 0 Å². The van der Waals surface area contributed by atoms with Crippen molar-refractivity contribution in [3.63, 3.8) is 0 Å². The largest absolute Gasteiger partial charge is 0.393 e. The molecule has 5 atom stereocenters. The maximum absolute atomic E-state index is 13.4. The molecule has 0 unspecified atom stereocenters. The van der Waals surface area contributed by atoms with E-state index in [2.05, 4.69) is 36.2 Å². The highest BCUT2D eigenvalue weighted by Gasteiger charge is 2.47. The lowest BCUT2D eigenvalue weighted by molar-refractivity contribution is -0.138. The number of fused-ring (bicyclic) bond motifs is 1. The third-order valence-corrected chi connectivity index (χ3v) is 7.28. The maximum Gasteiger partial charge on any atom is 0.231 e. The number of amides is 2. The number of likely N-dealkylation sites (N-methyl/N-ethyl adjacent to an activating group) is 1. The third-order valence-electron chi connectivity index (χ3n) is 7.28. The predicted octanol–water partition coefficient (Wildman–Crippen LogP) is 0.491. The lowest BCUT2D eigenvalue weighted by Crippen LogP contribution is -2.49. The molecule has 7 heteroatoms. The summed E-state index contributed by atoms with van der Waals surface area (Å²) in [6.07, 6.45) is 1.95. The van der Waals surface area contributed by atoms with E-state index in [9.17, 15) is 14.7 Å². The molecule has 1 aromatic carbocycles. The summed E-state index contributed by atoms with van der Waals surface area (Å²) in [6.45, 7) is 3.78. The fourth-order valence-electron chi connectivity index (χ4n) is 5.82. The molecule has 3 heterocycles. The van der Waals surface area contributed by atoms with Crippen LogP contribution in [0.3, 0.4) is 0 Å².